The predicted molar refractivity (Wildman–Crippen MR) is 68.7 cm³/mol. The SMILES string of the molecule is CNC(=O)N(CC(N)=O)S(=O)(=O)c1ccccc1C. The second-order valence-electron chi connectivity index (χ2n) is 3.80. The van der Waals surface area contributed by atoms with Crippen molar-refractivity contribution in [3.05, 3.63) is 29.8 Å². The molecule has 0 radical (unpaired) electrons. The molecule has 0 saturated carbocycles. The topological polar surface area (TPSA) is 110 Å². The molecule has 0 bridgehead atoms. The van der Waals surface area contributed by atoms with E-state index in [1.807, 2.05) is 0 Å². The molecule has 1 rings (SSSR count). The molecule has 19 heavy (non-hydrogen) atoms. The summed E-state index contributed by atoms with van der Waals surface area (Å²) in [5.74, 6) is -0.916. The number of urea groups is 1. The minimum atomic E-state index is -4.12. The van der Waals surface area contributed by atoms with Crippen LogP contribution < -0.4 is 11.1 Å². The third-order valence-electron chi connectivity index (χ3n) is 2.40. The molecule has 0 unspecified atom stereocenters. The molecule has 0 saturated heterocycles. The quantitative estimate of drug-likeness (QED) is 0.799. The first kappa shape index (κ1) is 15.0. The van der Waals surface area contributed by atoms with E-state index in [2.05, 4.69) is 5.32 Å². The van der Waals surface area contributed by atoms with Crippen LogP contribution in [0, 0.1) is 6.92 Å². The van der Waals surface area contributed by atoms with E-state index in [4.69, 9.17) is 5.73 Å². The number of hydrogen-bond acceptors (Lipinski definition) is 4. The van der Waals surface area contributed by atoms with Crippen molar-refractivity contribution in [2.45, 2.75) is 11.8 Å². The first-order chi connectivity index (χ1) is 8.80. The molecule has 7 nitrogen and oxygen atoms in total. The first-order valence-corrected chi connectivity index (χ1v) is 6.83. The number of nitrogens with two attached hydrogens (primary N) is 1. The van der Waals surface area contributed by atoms with Gasteiger partial charge < -0.3 is 11.1 Å². The van der Waals surface area contributed by atoms with Crippen LogP contribution in [0.1, 0.15) is 5.56 Å². The Labute approximate surface area is 111 Å². The standard InChI is InChI=1S/C11H15N3O4S/c1-8-5-3-4-6-9(8)19(17,18)14(7-10(12)15)11(16)13-2/h3-6H,7H2,1-2H3,(H2,12,15)(H,13,16). The molecule has 0 spiro atoms. The van der Waals surface area contributed by atoms with E-state index in [0.717, 1.165) is 0 Å². The Kier molecular flexibility index (Phi) is 4.49. The van der Waals surface area contributed by atoms with Gasteiger partial charge in [-0.25, -0.2) is 17.5 Å². The van der Waals surface area contributed by atoms with Crippen molar-refractivity contribution < 1.29 is 18.0 Å². The number of rotatable bonds is 4. The highest BCUT2D eigenvalue weighted by Gasteiger charge is 2.30. The van der Waals surface area contributed by atoms with Gasteiger partial charge in [-0.1, -0.05) is 18.2 Å². The summed E-state index contributed by atoms with van der Waals surface area (Å²) in [5.41, 5.74) is 5.45. The van der Waals surface area contributed by atoms with Gasteiger partial charge in [0.15, 0.2) is 0 Å². The van der Waals surface area contributed by atoms with Gasteiger partial charge >= 0.3 is 6.03 Å². The molecular formula is C11H15N3O4S. The molecule has 0 aliphatic heterocycles. The Bertz CT molecular complexity index is 598. The van der Waals surface area contributed by atoms with Crippen LogP contribution in [0.5, 0.6) is 0 Å². The largest absolute Gasteiger partial charge is 0.368 e. The fourth-order valence-corrected chi connectivity index (χ4v) is 3.07. The lowest BCUT2D eigenvalue weighted by molar-refractivity contribution is -0.117. The Morgan fingerprint density at radius 2 is 1.89 bits per heavy atom. The molecule has 104 valence electrons. The molecule has 0 aliphatic rings. The van der Waals surface area contributed by atoms with E-state index in [9.17, 15) is 18.0 Å². The Balaban J connectivity index is 3.32. The van der Waals surface area contributed by atoms with Crippen molar-refractivity contribution in [3.63, 3.8) is 0 Å². The summed E-state index contributed by atoms with van der Waals surface area (Å²) in [6.07, 6.45) is 0. The fourth-order valence-electron chi connectivity index (χ4n) is 1.50. The number of hydrogen-bond donors (Lipinski definition) is 2. The van der Waals surface area contributed by atoms with E-state index in [1.54, 1.807) is 19.1 Å². The van der Waals surface area contributed by atoms with Crippen LogP contribution in [0.25, 0.3) is 0 Å². The van der Waals surface area contributed by atoms with Crippen molar-refractivity contribution in [2.24, 2.45) is 5.73 Å². The number of carbonyl (C=O) groups is 2. The van der Waals surface area contributed by atoms with E-state index < -0.39 is 28.5 Å². The zero-order chi connectivity index (χ0) is 14.6. The minimum Gasteiger partial charge on any atom is -0.368 e. The molecular weight excluding hydrogens is 270 g/mol. The number of amides is 3. The van der Waals surface area contributed by atoms with Gasteiger partial charge in [0.25, 0.3) is 10.0 Å². The van der Waals surface area contributed by atoms with Crippen LogP contribution in [0.15, 0.2) is 29.2 Å². The zero-order valence-corrected chi connectivity index (χ0v) is 11.4. The van der Waals surface area contributed by atoms with Crippen molar-refractivity contribution in [3.8, 4) is 0 Å². The summed E-state index contributed by atoms with van der Waals surface area (Å²) in [6.45, 7) is 0.884. The summed E-state index contributed by atoms with van der Waals surface area (Å²) in [5, 5.41) is 2.17. The number of nitrogens with one attached hydrogen (secondary N) is 1. The summed E-state index contributed by atoms with van der Waals surface area (Å²) >= 11 is 0. The number of aryl methyl sites for hydroxylation is 1. The molecule has 3 N–H and O–H groups in total. The third kappa shape index (κ3) is 3.22. The lowest BCUT2D eigenvalue weighted by Crippen LogP contribution is -2.46. The molecule has 8 heteroatoms. The molecule has 1 aromatic carbocycles. The fraction of sp³-hybridized carbons (Fsp3) is 0.273. The van der Waals surface area contributed by atoms with Crippen LogP contribution in [-0.2, 0) is 14.8 Å². The maximum atomic E-state index is 12.3. The van der Waals surface area contributed by atoms with Gasteiger partial charge in [-0.3, -0.25) is 4.79 Å². The monoisotopic (exact) mass is 285 g/mol. The molecule has 0 fully saturated rings. The average molecular weight is 285 g/mol. The Morgan fingerprint density at radius 3 is 2.37 bits per heavy atom. The van der Waals surface area contributed by atoms with Crippen LogP contribution in [0.2, 0.25) is 0 Å². The normalized spacial score (nSPS) is 10.8. The third-order valence-corrected chi connectivity index (χ3v) is 4.29. The second-order valence-corrected chi connectivity index (χ2v) is 5.63. The van der Waals surface area contributed by atoms with Gasteiger partial charge in [-0.2, -0.15) is 0 Å². The number of benzene rings is 1. The van der Waals surface area contributed by atoms with Crippen LogP contribution >= 0.6 is 0 Å². The smallest absolute Gasteiger partial charge is 0.331 e. The Hall–Kier alpha value is -2.09. The molecule has 0 heterocycles. The van der Waals surface area contributed by atoms with Gasteiger partial charge in [0.1, 0.15) is 6.54 Å². The summed E-state index contributed by atoms with van der Waals surface area (Å²) in [6, 6.07) is 5.25. The number of nitrogens with zero attached hydrogens (tertiary/aromatic N) is 1. The average Bonchev–Trinajstić information content (AvgIpc) is 2.35. The van der Waals surface area contributed by atoms with Crippen molar-refractivity contribution in [1.29, 1.82) is 0 Å². The van der Waals surface area contributed by atoms with Crippen molar-refractivity contribution >= 4 is 22.0 Å². The van der Waals surface area contributed by atoms with E-state index in [0.29, 0.717) is 9.87 Å². The lowest BCUT2D eigenvalue weighted by atomic mass is 10.2. The maximum absolute atomic E-state index is 12.3. The van der Waals surface area contributed by atoms with Gasteiger partial charge in [0.2, 0.25) is 5.91 Å². The van der Waals surface area contributed by atoms with Gasteiger partial charge in [0.05, 0.1) is 4.90 Å². The van der Waals surface area contributed by atoms with E-state index >= 15 is 0 Å². The number of primary amides is 1. The lowest BCUT2D eigenvalue weighted by Gasteiger charge is -2.21. The van der Waals surface area contributed by atoms with E-state index in [-0.39, 0.29) is 4.90 Å². The molecule has 1 aromatic rings. The molecule has 3 amide bonds. The Morgan fingerprint density at radius 1 is 1.32 bits per heavy atom. The summed E-state index contributed by atoms with van der Waals surface area (Å²) < 4.78 is 25.1. The van der Waals surface area contributed by atoms with Crippen LogP contribution in [0.3, 0.4) is 0 Å². The molecule has 0 atom stereocenters. The zero-order valence-electron chi connectivity index (χ0n) is 10.6. The highest BCUT2D eigenvalue weighted by atomic mass is 32.2. The van der Waals surface area contributed by atoms with Gasteiger partial charge in [-0.05, 0) is 18.6 Å². The molecule has 0 aliphatic carbocycles. The summed E-state index contributed by atoms with van der Waals surface area (Å²) in [4.78, 5) is 22.5. The number of carbonyl (C=O) groups excluding carboxylic acids is 2. The van der Waals surface area contributed by atoms with Gasteiger partial charge in [0, 0.05) is 7.05 Å². The van der Waals surface area contributed by atoms with E-state index in [1.165, 1.54) is 19.2 Å². The highest BCUT2D eigenvalue weighted by Crippen LogP contribution is 2.19. The second kappa shape index (κ2) is 5.70. The maximum Gasteiger partial charge on any atom is 0.331 e. The molecule has 0 aromatic heterocycles. The highest BCUT2D eigenvalue weighted by molar-refractivity contribution is 7.89. The van der Waals surface area contributed by atoms with Crippen LogP contribution in [-0.4, -0.2) is 38.3 Å². The minimum absolute atomic E-state index is 0.0418. The first-order valence-electron chi connectivity index (χ1n) is 5.39. The number of sulfonamides is 1. The summed E-state index contributed by atoms with van der Waals surface area (Å²) in [7, 11) is -2.85. The van der Waals surface area contributed by atoms with Gasteiger partial charge in [-0.15, -0.1) is 0 Å². The van der Waals surface area contributed by atoms with Crippen molar-refractivity contribution in [2.75, 3.05) is 13.6 Å². The van der Waals surface area contributed by atoms with Crippen LogP contribution in [0.4, 0.5) is 4.79 Å². The predicted octanol–water partition coefficient (Wildman–Crippen LogP) is -0.190. The van der Waals surface area contributed by atoms with Crippen molar-refractivity contribution in [1.82, 2.24) is 9.62 Å².